The summed E-state index contributed by atoms with van der Waals surface area (Å²) in [6.07, 6.45) is -7.63. The molecule has 1 unspecified atom stereocenters. The summed E-state index contributed by atoms with van der Waals surface area (Å²) in [6.45, 7) is -1.90. The number of carboxylic acid groups (broad SMARTS) is 1. The first-order valence-electron chi connectivity index (χ1n) is 2.38. The van der Waals surface area contributed by atoms with Crippen molar-refractivity contribution in [2.45, 2.75) is 12.5 Å². The molecule has 0 heterocycles. The molecular weight excluding hydrogens is 172 g/mol. The van der Waals surface area contributed by atoms with Crippen LogP contribution in [0, 0.1) is 0 Å². The van der Waals surface area contributed by atoms with Crippen LogP contribution in [0.2, 0.25) is 0 Å². The first-order chi connectivity index (χ1) is 4.83. The highest BCUT2D eigenvalue weighted by Crippen LogP contribution is 2.15. The van der Waals surface area contributed by atoms with Crippen LogP contribution in [0.1, 0.15) is 0 Å². The average Bonchev–Trinajstić information content (AvgIpc) is 1.80. The van der Waals surface area contributed by atoms with Crippen molar-refractivity contribution in [1.29, 1.82) is 0 Å². The van der Waals surface area contributed by atoms with E-state index in [0.717, 1.165) is 0 Å². The van der Waals surface area contributed by atoms with Crippen LogP contribution in [0.5, 0.6) is 0 Å². The molecule has 0 spiro atoms. The number of carbonyl (C=O) groups is 1. The highest BCUT2D eigenvalue weighted by molar-refractivity contribution is 5.70. The van der Waals surface area contributed by atoms with Gasteiger partial charge in [-0.05, 0) is 0 Å². The Labute approximate surface area is 58.6 Å². The highest BCUT2D eigenvalue weighted by Gasteiger charge is 2.31. The topological polar surface area (TPSA) is 46.5 Å². The average molecular weight is 176 g/mol. The number of rotatable bonds is 3. The SMILES string of the molecule is O=C(O)C(F)OCC(F)(F)F. The van der Waals surface area contributed by atoms with Crippen LogP contribution < -0.4 is 0 Å². The quantitative estimate of drug-likeness (QED) is 0.651. The Balaban J connectivity index is 3.63. The molecule has 1 N–H and O–H groups in total. The number of carboxylic acids is 1. The Morgan fingerprint density at radius 3 is 2.27 bits per heavy atom. The lowest BCUT2D eigenvalue weighted by Crippen LogP contribution is -2.25. The predicted molar refractivity (Wildman–Crippen MR) is 24.5 cm³/mol. The van der Waals surface area contributed by atoms with Crippen molar-refractivity contribution in [2.24, 2.45) is 0 Å². The molecule has 0 saturated carbocycles. The van der Waals surface area contributed by atoms with E-state index in [1.807, 2.05) is 0 Å². The van der Waals surface area contributed by atoms with Crippen molar-refractivity contribution in [3.05, 3.63) is 0 Å². The summed E-state index contributed by atoms with van der Waals surface area (Å²) in [5.74, 6) is -2.07. The second-order valence-corrected chi connectivity index (χ2v) is 1.58. The van der Waals surface area contributed by atoms with Gasteiger partial charge in [0.1, 0.15) is 6.61 Å². The van der Waals surface area contributed by atoms with Crippen LogP contribution in [-0.4, -0.2) is 30.2 Å². The number of hydrogen-bond donors (Lipinski definition) is 1. The van der Waals surface area contributed by atoms with Gasteiger partial charge in [-0.2, -0.15) is 13.2 Å². The van der Waals surface area contributed by atoms with Crippen LogP contribution in [0.3, 0.4) is 0 Å². The third-order valence-electron chi connectivity index (χ3n) is 0.587. The fourth-order valence-electron chi connectivity index (χ4n) is 0.239. The number of ether oxygens (including phenoxy) is 1. The normalized spacial score (nSPS) is 14.5. The lowest BCUT2D eigenvalue weighted by Gasteiger charge is -2.07. The van der Waals surface area contributed by atoms with Crippen molar-refractivity contribution in [3.63, 3.8) is 0 Å². The number of halogens is 4. The van der Waals surface area contributed by atoms with Gasteiger partial charge in [0, 0.05) is 0 Å². The Bertz CT molecular complexity index is 143. The van der Waals surface area contributed by atoms with Gasteiger partial charge < -0.3 is 9.84 Å². The summed E-state index contributed by atoms with van der Waals surface area (Å²) in [6, 6.07) is 0. The minimum atomic E-state index is -4.71. The summed E-state index contributed by atoms with van der Waals surface area (Å²) in [4.78, 5) is 9.55. The van der Waals surface area contributed by atoms with E-state index in [9.17, 15) is 22.4 Å². The molecule has 11 heavy (non-hydrogen) atoms. The summed E-state index contributed by atoms with van der Waals surface area (Å²) < 4.78 is 48.6. The van der Waals surface area contributed by atoms with E-state index in [4.69, 9.17) is 5.11 Å². The van der Waals surface area contributed by atoms with Gasteiger partial charge >= 0.3 is 12.1 Å². The van der Waals surface area contributed by atoms with Crippen molar-refractivity contribution in [2.75, 3.05) is 6.61 Å². The second-order valence-electron chi connectivity index (χ2n) is 1.58. The van der Waals surface area contributed by atoms with Crippen LogP contribution in [0.4, 0.5) is 17.6 Å². The predicted octanol–water partition coefficient (Wildman–Crippen LogP) is 0.946. The molecule has 0 aromatic heterocycles. The zero-order chi connectivity index (χ0) is 9.07. The molecule has 0 amide bonds. The van der Waals surface area contributed by atoms with Gasteiger partial charge in [-0.1, -0.05) is 0 Å². The van der Waals surface area contributed by atoms with E-state index in [0.29, 0.717) is 0 Å². The number of aliphatic carboxylic acids is 1. The molecule has 0 aromatic rings. The Morgan fingerprint density at radius 2 is 2.00 bits per heavy atom. The monoisotopic (exact) mass is 176 g/mol. The molecule has 0 radical (unpaired) electrons. The first kappa shape index (κ1) is 10.2. The first-order valence-corrected chi connectivity index (χ1v) is 2.38. The highest BCUT2D eigenvalue weighted by atomic mass is 19.4. The van der Waals surface area contributed by atoms with Crippen LogP contribution in [0.25, 0.3) is 0 Å². The molecule has 7 heteroatoms. The standard InChI is InChI=1S/C4H4F4O3/c5-2(3(9)10)11-1-4(6,7)8/h2H,1H2,(H,9,10). The molecule has 0 rings (SSSR count). The van der Waals surface area contributed by atoms with Gasteiger partial charge in [0.15, 0.2) is 0 Å². The van der Waals surface area contributed by atoms with E-state index in [1.165, 1.54) is 0 Å². The fraction of sp³-hybridized carbons (Fsp3) is 0.750. The van der Waals surface area contributed by atoms with E-state index in [1.54, 1.807) is 0 Å². The molecular formula is C4H4F4O3. The molecule has 3 nitrogen and oxygen atoms in total. The Hall–Kier alpha value is -0.850. The van der Waals surface area contributed by atoms with Crippen molar-refractivity contribution in [3.8, 4) is 0 Å². The zero-order valence-electron chi connectivity index (χ0n) is 5.06. The summed E-state index contributed by atoms with van der Waals surface area (Å²) >= 11 is 0. The van der Waals surface area contributed by atoms with E-state index < -0.39 is 25.1 Å². The maximum Gasteiger partial charge on any atom is 0.411 e. The van der Waals surface area contributed by atoms with Crippen LogP contribution in [-0.2, 0) is 9.53 Å². The van der Waals surface area contributed by atoms with Crippen LogP contribution in [0.15, 0.2) is 0 Å². The zero-order valence-corrected chi connectivity index (χ0v) is 5.06. The molecule has 1 atom stereocenters. The minimum Gasteiger partial charge on any atom is -0.477 e. The summed E-state index contributed by atoms with van der Waals surface area (Å²) in [7, 11) is 0. The van der Waals surface area contributed by atoms with E-state index in [2.05, 4.69) is 4.74 Å². The largest absolute Gasteiger partial charge is 0.477 e. The van der Waals surface area contributed by atoms with Crippen molar-refractivity contribution < 1.29 is 32.2 Å². The van der Waals surface area contributed by atoms with Gasteiger partial charge in [0.05, 0.1) is 0 Å². The van der Waals surface area contributed by atoms with Gasteiger partial charge in [-0.15, -0.1) is 0 Å². The molecule has 66 valence electrons. The molecule has 0 aliphatic heterocycles. The number of hydrogen-bond acceptors (Lipinski definition) is 2. The minimum absolute atomic E-state index is 1.90. The molecule has 0 aliphatic rings. The third kappa shape index (κ3) is 5.59. The molecule has 0 saturated heterocycles. The Kier molecular flexibility index (Phi) is 3.24. The lowest BCUT2D eigenvalue weighted by atomic mass is 10.6. The van der Waals surface area contributed by atoms with Crippen LogP contribution >= 0.6 is 0 Å². The molecule has 0 aromatic carbocycles. The molecule has 0 bridgehead atoms. The maximum atomic E-state index is 11.7. The Morgan fingerprint density at radius 1 is 1.55 bits per heavy atom. The second kappa shape index (κ2) is 3.51. The molecule has 0 fully saturated rings. The van der Waals surface area contributed by atoms with Gasteiger partial charge in [-0.25, -0.2) is 9.18 Å². The molecule has 0 aliphatic carbocycles. The van der Waals surface area contributed by atoms with Gasteiger partial charge in [0.2, 0.25) is 0 Å². The van der Waals surface area contributed by atoms with E-state index >= 15 is 0 Å². The summed E-state index contributed by atoms with van der Waals surface area (Å²) in [5.41, 5.74) is 0. The third-order valence-corrected chi connectivity index (χ3v) is 0.587. The summed E-state index contributed by atoms with van der Waals surface area (Å²) in [5, 5.41) is 7.71. The van der Waals surface area contributed by atoms with E-state index in [-0.39, 0.29) is 0 Å². The van der Waals surface area contributed by atoms with Gasteiger partial charge in [0.25, 0.3) is 6.36 Å². The fourth-order valence-corrected chi connectivity index (χ4v) is 0.239. The maximum absolute atomic E-state index is 11.7. The lowest BCUT2D eigenvalue weighted by molar-refractivity contribution is -0.208. The van der Waals surface area contributed by atoms with Crippen molar-refractivity contribution >= 4 is 5.97 Å². The smallest absolute Gasteiger partial charge is 0.411 e. The van der Waals surface area contributed by atoms with Gasteiger partial charge in [-0.3, -0.25) is 0 Å². The van der Waals surface area contributed by atoms with Crippen molar-refractivity contribution in [1.82, 2.24) is 0 Å². The number of alkyl halides is 4.